The van der Waals surface area contributed by atoms with Gasteiger partial charge in [0.2, 0.25) is 0 Å². The van der Waals surface area contributed by atoms with Gasteiger partial charge in [0.15, 0.2) is 0 Å². The van der Waals surface area contributed by atoms with Gasteiger partial charge >= 0.3 is 5.97 Å². The molecule has 0 amide bonds. The van der Waals surface area contributed by atoms with Gasteiger partial charge in [-0.05, 0) is 40.3 Å². The van der Waals surface area contributed by atoms with E-state index in [-0.39, 0.29) is 0 Å². The van der Waals surface area contributed by atoms with Crippen LogP contribution in [0.25, 0.3) is 21.6 Å². The third-order valence-corrected chi connectivity index (χ3v) is 3.95. The van der Waals surface area contributed by atoms with Crippen molar-refractivity contribution in [3.8, 4) is 27.3 Å². The van der Waals surface area contributed by atoms with Gasteiger partial charge in [0.1, 0.15) is 5.75 Å². The monoisotopic (exact) mass is 280 g/mol. The number of esters is 1. The molecule has 0 bridgehead atoms. The number of benzene rings is 1. The summed E-state index contributed by atoms with van der Waals surface area (Å²) in [6, 6.07) is 15.9. The van der Waals surface area contributed by atoms with Crippen LogP contribution in [0, 0.1) is 0 Å². The van der Waals surface area contributed by atoms with Crippen LogP contribution < -0.4 is 4.74 Å². The molecule has 1 heterocycles. The van der Waals surface area contributed by atoms with Gasteiger partial charge < -0.3 is 4.74 Å². The summed E-state index contributed by atoms with van der Waals surface area (Å²) in [6.07, 6.45) is 1.15. The first-order valence-corrected chi connectivity index (χ1v) is 7.07. The lowest BCUT2D eigenvalue weighted by atomic mass is 10.0. The van der Waals surface area contributed by atoms with Crippen molar-refractivity contribution in [2.24, 2.45) is 0 Å². The van der Waals surface area contributed by atoms with Crippen LogP contribution >= 0.6 is 11.3 Å². The van der Waals surface area contributed by atoms with Crippen LogP contribution in [0.15, 0.2) is 66.6 Å². The highest BCUT2D eigenvalue weighted by Gasteiger charge is 2.11. The first-order valence-electron chi connectivity index (χ1n) is 6.19. The first kappa shape index (κ1) is 12.6. The second kappa shape index (κ2) is 5.31. The Balaban J connectivity index is 1.92. The van der Waals surface area contributed by atoms with Crippen LogP contribution in [0.4, 0.5) is 0 Å². The van der Waals surface area contributed by atoms with Crippen molar-refractivity contribution in [2.45, 2.75) is 0 Å². The molecular formula is C17H12O2S. The Morgan fingerprint density at radius 1 is 1.05 bits per heavy atom. The second-order valence-electron chi connectivity index (χ2n) is 4.29. The van der Waals surface area contributed by atoms with Crippen molar-refractivity contribution in [3.05, 3.63) is 66.6 Å². The molecule has 0 N–H and O–H groups in total. The molecule has 2 nitrogen and oxygen atoms in total. The van der Waals surface area contributed by atoms with E-state index in [9.17, 15) is 4.79 Å². The zero-order chi connectivity index (χ0) is 13.9. The number of ether oxygens (including phenoxy) is 1. The minimum atomic E-state index is -0.446. The third kappa shape index (κ3) is 2.36. The van der Waals surface area contributed by atoms with Crippen LogP contribution in [0.2, 0.25) is 0 Å². The summed E-state index contributed by atoms with van der Waals surface area (Å²) in [7, 11) is 0. The summed E-state index contributed by atoms with van der Waals surface area (Å²) in [5.41, 5.74) is 3.54. The molecule has 0 aromatic heterocycles. The highest BCUT2D eigenvalue weighted by Crippen LogP contribution is 2.38. The van der Waals surface area contributed by atoms with Crippen molar-refractivity contribution in [2.75, 3.05) is 0 Å². The topological polar surface area (TPSA) is 26.3 Å². The van der Waals surface area contributed by atoms with Gasteiger partial charge in [-0.3, -0.25) is 0 Å². The fraction of sp³-hybridized carbons (Fsp3) is 0. The van der Waals surface area contributed by atoms with E-state index in [1.165, 1.54) is 16.0 Å². The molecule has 0 radical (unpaired) electrons. The Labute approximate surface area is 121 Å². The summed E-state index contributed by atoms with van der Waals surface area (Å²) >= 11 is 1.73. The van der Waals surface area contributed by atoms with Gasteiger partial charge in [-0.15, -0.1) is 11.3 Å². The summed E-state index contributed by atoms with van der Waals surface area (Å²) in [5, 5.41) is 2.07. The number of carbonyl (C=O) groups excluding carboxylic acids is 1. The minimum absolute atomic E-state index is 0.446. The Morgan fingerprint density at radius 3 is 2.60 bits per heavy atom. The van der Waals surface area contributed by atoms with E-state index in [0.717, 1.165) is 11.6 Å². The number of rotatable bonds is 3. The molecule has 3 heteroatoms. The molecule has 1 aromatic rings. The molecular weight excluding hydrogens is 268 g/mol. The van der Waals surface area contributed by atoms with Crippen molar-refractivity contribution < 1.29 is 9.53 Å². The Kier molecular flexibility index (Phi) is 3.35. The Bertz CT molecular complexity index is 725. The average Bonchev–Trinajstić information content (AvgIpc) is 2.92. The van der Waals surface area contributed by atoms with Gasteiger partial charge in [0, 0.05) is 11.0 Å². The highest BCUT2D eigenvalue weighted by atomic mass is 32.1. The predicted molar refractivity (Wildman–Crippen MR) is 82.2 cm³/mol. The molecule has 0 atom stereocenters. The van der Waals surface area contributed by atoms with Gasteiger partial charge in [-0.1, -0.05) is 36.9 Å². The lowest BCUT2D eigenvalue weighted by molar-refractivity contribution is -0.128. The average molecular weight is 280 g/mol. The third-order valence-electron chi connectivity index (χ3n) is 3.04. The normalized spacial score (nSPS) is 10.4. The number of fused-ring (bicyclic) bond motifs is 1. The van der Waals surface area contributed by atoms with E-state index in [4.69, 9.17) is 4.74 Å². The summed E-state index contributed by atoms with van der Waals surface area (Å²) in [6.45, 7) is 3.38. The molecule has 0 saturated heterocycles. The molecule has 0 unspecified atom stereocenters. The lowest BCUT2D eigenvalue weighted by Crippen LogP contribution is -2.02. The van der Waals surface area contributed by atoms with Crippen molar-refractivity contribution in [1.29, 1.82) is 0 Å². The van der Waals surface area contributed by atoms with E-state index < -0.39 is 5.97 Å². The molecule has 98 valence electrons. The molecule has 3 rings (SSSR count). The molecule has 1 aliphatic heterocycles. The molecule has 0 fully saturated rings. The van der Waals surface area contributed by atoms with Crippen molar-refractivity contribution in [3.63, 3.8) is 0 Å². The van der Waals surface area contributed by atoms with Crippen LogP contribution in [0.5, 0.6) is 5.75 Å². The highest BCUT2D eigenvalue weighted by molar-refractivity contribution is 7.13. The maximum Gasteiger partial charge on any atom is 0.335 e. The van der Waals surface area contributed by atoms with Crippen LogP contribution in [-0.2, 0) is 4.79 Å². The zero-order valence-electron chi connectivity index (χ0n) is 10.7. The summed E-state index contributed by atoms with van der Waals surface area (Å²) in [4.78, 5) is 12.4. The van der Waals surface area contributed by atoms with E-state index in [1.807, 2.05) is 12.1 Å². The number of carbonyl (C=O) groups is 1. The second-order valence-corrected chi connectivity index (χ2v) is 5.24. The van der Waals surface area contributed by atoms with E-state index in [0.29, 0.717) is 5.75 Å². The largest absolute Gasteiger partial charge is 0.423 e. The Hall–Kier alpha value is -2.39. The van der Waals surface area contributed by atoms with E-state index in [1.54, 1.807) is 23.5 Å². The molecule has 2 aliphatic rings. The quantitative estimate of drug-likeness (QED) is 0.398. The maximum absolute atomic E-state index is 11.1. The fourth-order valence-electron chi connectivity index (χ4n) is 2.11. The van der Waals surface area contributed by atoms with E-state index in [2.05, 4.69) is 36.2 Å². The minimum Gasteiger partial charge on any atom is -0.423 e. The molecule has 0 saturated carbocycles. The first-order chi connectivity index (χ1) is 9.78. The van der Waals surface area contributed by atoms with Crippen LogP contribution in [-0.4, -0.2) is 5.97 Å². The number of hydrogen-bond donors (Lipinski definition) is 0. The SMILES string of the molecule is C=CC(=O)Oc1ccc(-c2ccc3scccc2-3)cc1. The van der Waals surface area contributed by atoms with Gasteiger partial charge in [0.05, 0.1) is 0 Å². The smallest absolute Gasteiger partial charge is 0.335 e. The van der Waals surface area contributed by atoms with Crippen LogP contribution in [0.1, 0.15) is 0 Å². The molecule has 0 spiro atoms. The zero-order valence-corrected chi connectivity index (χ0v) is 11.5. The van der Waals surface area contributed by atoms with Crippen LogP contribution in [0.3, 0.4) is 0 Å². The van der Waals surface area contributed by atoms with Gasteiger partial charge in [-0.2, -0.15) is 0 Å². The maximum atomic E-state index is 11.1. The fourth-order valence-corrected chi connectivity index (χ4v) is 2.86. The molecule has 1 aromatic carbocycles. The van der Waals surface area contributed by atoms with E-state index >= 15 is 0 Å². The lowest BCUT2D eigenvalue weighted by Gasteiger charge is -2.05. The molecule has 1 aliphatic carbocycles. The van der Waals surface area contributed by atoms with Gasteiger partial charge in [0.25, 0.3) is 0 Å². The number of hydrogen-bond acceptors (Lipinski definition) is 3. The summed E-state index contributed by atoms with van der Waals surface area (Å²) < 4.78 is 5.07. The molecule has 20 heavy (non-hydrogen) atoms. The van der Waals surface area contributed by atoms with Gasteiger partial charge in [-0.25, -0.2) is 4.79 Å². The van der Waals surface area contributed by atoms with Crippen molar-refractivity contribution in [1.82, 2.24) is 0 Å². The predicted octanol–water partition coefficient (Wildman–Crippen LogP) is 4.61. The standard InChI is InChI=1S/C17H12O2S/c1-2-17(18)19-13-7-5-12(6-8-13)14-9-10-16-15(14)4-3-11-20-16/h2-11H,1H2. The summed E-state index contributed by atoms with van der Waals surface area (Å²) in [5.74, 6) is 0.0793. The van der Waals surface area contributed by atoms with Crippen molar-refractivity contribution >= 4 is 17.3 Å². The Morgan fingerprint density at radius 2 is 1.85 bits per heavy atom.